The predicted molar refractivity (Wildman–Crippen MR) is 108 cm³/mol. The highest BCUT2D eigenvalue weighted by Crippen LogP contribution is 2.31. The van der Waals surface area contributed by atoms with Gasteiger partial charge in [-0.25, -0.2) is 9.50 Å². The largest absolute Gasteiger partial charge is 0.336 e. The summed E-state index contributed by atoms with van der Waals surface area (Å²) in [7, 11) is 4.06. The minimum Gasteiger partial charge on any atom is -0.336 e. The SMILES string of the molecule is Cc1ccc([C@@H]2CN(C(=O)c3cnc4cc(C)[nH]n4c3=O)C[C@H]2N(C)C)cc1. The van der Waals surface area contributed by atoms with Gasteiger partial charge in [0.05, 0.1) is 0 Å². The number of rotatable bonds is 3. The lowest BCUT2D eigenvalue weighted by atomic mass is 9.93. The molecule has 2 atom stereocenters. The average molecular weight is 379 g/mol. The number of likely N-dealkylation sites (N-methyl/N-ethyl adjacent to an activating group) is 1. The van der Waals surface area contributed by atoms with Crippen LogP contribution in [0.1, 0.15) is 33.1 Å². The van der Waals surface area contributed by atoms with Gasteiger partial charge in [-0.2, -0.15) is 0 Å². The van der Waals surface area contributed by atoms with E-state index in [1.165, 1.54) is 21.8 Å². The Kier molecular flexibility index (Phi) is 4.55. The van der Waals surface area contributed by atoms with Gasteiger partial charge in [0.15, 0.2) is 5.65 Å². The van der Waals surface area contributed by atoms with Crippen molar-refractivity contribution in [3.8, 4) is 0 Å². The molecule has 0 saturated carbocycles. The molecule has 7 nitrogen and oxygen atoms in total. The quantitative estimate of drug-likeness (QED) is 0.753. The lowest BCUT2D eigenvalue weighted by Gasteiger charge is -2.25. The van der Waals surface area contributed by atoms with Gasteiger partial charge in [0.1, 0.15) is 5.56 Å². The van der Waals surface area contributed by atoms with E-state index >= 15 is 0 Å². The molecule has 0 bridgehead atoms. The summed E-state index contributed by atoms with van der Waals surface area (Å²) >= 11 is 0. The number of amides is 1. The average Bonchev–Trinajstić information content (AvgIpc) is 3.26. The summed E-state index contributed by atoms with van der Waals surface area (Å²) < 4.78 is 1.33. The van der Waals surface area contributed by atoms with Gasteiger partial charge in [-0.1, -0.05) is 29.8 Å². The number of nitrogens with one attached hydrogen (secondary N) is 1. The Labute approximate surface area is 163 Å². The molecule has 3 heterocycles. The lowest BCUT2D eigenvalue weighted by molar-refractivity contribution is 0.0780. The van der Waals surface area contributed by atoms with E-state index in [2.05, 4.69) is 46.2 Å². The molecule has 1 aromatic carbocycles. The van der Waals surface area contributed by atoms with Crippen LogP contribution >= 0.6 is 0 Å². The van der Waals surface area contributed by atoms with Crippen LogP contribution < -0.4 is 5.56 Å². The van der Waals surface area contributed by atoms with Gasteiger partial charge in [0.2, 0.25) is 0 Å². The number of aromatic amines is 1. The highest BCUT2D eigenvalue weighted by atomic mass is 16.2. The number of hydrogen-bond acceptors (Lipinski definition) is 4. The maximum atomic E-state index is 13.2. The predicted octanol–water partition coefficient (Wildman–Crippen LogP) is 1.81. The number of carbonyl (C=O) groups is 1. The second kappa shape index (κ2) is 6.91. The van der Waals surface area contributed by atoms with Gasteiger partial charge in [0.25, 0.3) is 11.5 Å². The van der Waals surface area contributed by atoms with Crippen LogP contribution in [0.3, 0.4) is 0 Å². The van der Waals surface area contributed by atoms with E-state index in [9.17, 15) is 9.59 Å². The molecule has 4 rings (SSSR count). The molecule has 1 aliphatic rings. The van der Waals surface area contributed by atoms with Gasteiger partial charge < -0.3 is 9.80 Å². The van der Waals surface area contributed by atoms with Crippen molar-refractivity contribution in [1.29, 1.82) is 0 Å². The smallest absolute Gasteiger partial charge is 0.285 e. The third-order valence-corrected chi connectivity index (χ3v) is 5.60. The molecular formula is C21H25N5O2. The van der Waals surface area contributed by atoms with E-state index in [4.69, 9.17) is 0 Å². The Morgan fingerprint density at radius 3 is 2.57 bits per heavy atom. The molecule has 2 aromatic heterocycles. The van der Waals surface area contributed by atoms with E-state index in [1.54, 1.807) is 11.0 Å². The fourth-order valence-corrected chi connectivity index (χ4v) is 4.01. The summed E-state index contributed by atoms with van der Waals surface area (Å²) in [6.45, 7) is 5.08. The van der Waals surface area contributed by atoms with E-state index in [0.29, 0.717) is 18.7 Å². The summed E-state index contributed by atoms with van der Waals surface area (Å²) in [4.78, 5) is 34.1. The Morgan fingerprint density at radius 1 is 1.18 bits per heavy atom. The maximum absolute atomic E-state index is 13.2. The number of aryl methyl sites for hydroxylation is 2. The van der Waals surface area contributed by atoms with Crippen LogP contribution in [0, 0.1) is 13.8 Å². The minimum absolute atomic E-state index is 0.0985. The molecule has 0 aliphatic carbocycles. The third-order valence-electron chi connectivity index (χ3n) is 5.60. The van der Waals surface area contributed by atoms with Gasteiger partial charge in [-0.15, -0.1) is 0 Å². The maximum Gasteiger partial charge on any atom is 0.285 e. The van der Waals surface area contributed by atoms with Gasteiger partial charge >= 0.3 is 0 Å². The summed E-state index contributed by atoms with van der Waals surface area (Å²) in [5, 5.41) is 2.94. The summed E-state index contributed by atoms with van der Waals surface area (Å²) in [5.41, 5.74) is 3.51. The summed E-state index contributed by atoms with van der Waals surface area (Å²) in [6.07, 6.45) is 1.40. The first-order chi connectivity index (χ1) is 13.3. The highest BCUT2D eigenvalue weighted by molar-refractivity contribution is 5.94. The van der Waals surface area contributed by atoms with Crippen molar-refractivity contribution in [2.75, 3.05) is 27.2 Å². The first-order valence-corrected chi connectivity index (χ1v) is 9.45. The van der Waals surface area contributed by atoms with Crippen molar-refractivity contribution < 1.29 is 4.79 Å². The molecule has 1 aliphatic heterocycles. The van der Waals surface area contributed by atoms with Crippen molar-refractivity contribution in [1.82, 2.24) is 24.4 Å². The normalized spacial score (nSPS) is 19.7. The first-order valence-electron chi connectivity index (χ1n) is 9.45. The van der Waals surface area contributed by atoms with Crippen LogP contribution in [-0.2, 0) is 0 Å². The number of nitrogens with zero attached hydrogens (tertiary/aromatic N) is 4. The Morgan fingerprint density at radius 2 is 1.89 bits per heavy atom. The molecule has 1 amide bonds. The molecule has 0 radical (unpaired) electrons. The monoisotopic (exact) mass is 379 g/mol. The van der Waals surface area contributed by atoms with Crippen LogP contribution in [0.4, 0.5) is 0 Å². The van der Waals surface area contributed by atoms with Crippen LogP contribution in [0.25, 0.3) is 5.65 Å². The molecule has 28 heavy (non-hydrogen) atoms. The summed E-state index contributed by atoms with van der Waals surface area (Å²) in [5.74, 6) is -0.0626. The van der Waals surface area contributed by atoms with Gasteiger partial charge in [-0.05, 0) is 33.5 Å². The zero-order valence-electron chi connectivity index (χ0n) is 16.6. The Hall–Kier alpha value is -2.93. The molecule has 0 spiro atoms. The lowest BCUT2D eigenvalue weighted by Crippen LogP contribution is -2.37. The Balaban J connectivity index is 1.66. The van der Waals surface area contributed by atoms with Gasteiger partial charge in [0, 0.05) is 43.0 Å². The topological polar surface area (TPSA) is 73.7 Å². The fourth-order valence-electron chi connectivity index (χ4n) is 4.01. The van der Waals surface area contributed by atoms with Crippen molar-refractivity contribution >= 4 is 11.6 Å². The number of benzene rings is 1. The molecule has 1 N–H and O–H groups in total. The molecule has 0 unspecified atom stereocenters. The number of likely N-dealkylation sites (tertiary alicyclic amines) is 1. The second-order valence-electron chi connectivity index (χ2n) is 7.87. The number of H-pyrrole nitrogens is 1. The van der Waals surface area contributed by atoms with E-state index < -0.39 is 0 Å². The first kappa shape index (κ1) is 18.4. The van der Waals surface area contributed by atoms with E-state index in [-0.39, 0.29) is 29.0 Å². The Bertz CT molecular complexity index is 1080. The second-order valence-corrected chi connectivity index (χ2v) is 7.87. The zero-order valence-corrected chi connectivity index (χ0v) is 16.6. The highest BCUT2D eigenvalue weighted by Gasteiger charge is 2.38. The van der Waals surface area contributed by atoms with Crippen LogP contribution in [0.5, 0.6) is 0 Å². The fraction of sp³-hybridized carbons (Fsp3) is 0.381. The van der Waals surface area contributed by atoms with E-state index in [1.807, 2.05) is 21.0 Å². The van der Waals surface area contributed by atoms with E-state index in [0.717, 1.165) is 5.69 Å². The van der Waals surface area contributed by atoms with Crippen molar-refractivity contribution in [3.05, 3.63) is 69.3 Å². The van der Waals surface area contributed by atoms with Crippen LogP contribution in [0.2, 0.25) is 0 Å². The van der Waals surface area contributed by atoms with Crippen LogP contribution in [-0.4, -0.2) is 63.5 Å². The molecule has 3 aromatic rings. The number of fused-ring (bicyclic) bond motifs is 1. The third kappa shape index (κ3) is 3.11. The van der Waals surface area contributed by atoms with Crippen molar-refractivity contribution in [3.63, 3.8) is 0 Å². The minimum atomic E-state index is -0.358. The molecule has 1 saturated heterocycles. The number of aromatic nitrogens is 3. The van der Waals surface area contributed by atoms with Gasteiger partial charge in [-0.3, -0.25) is 14.7 Å². The zero-order chi connectivity index (χ0) is 20.0. The number of hydrogen-bond donors (Lipinski definition) is 1. The van der Waals surface area contributed by atoms with Crippen LogP contribution in [0.15, 0.2) is 41.3 Å². The van der Waals surface area contributed by atoms with Crippen molar-refractivity contribution in [2.45, 2.75) is 25.8 Å². The molecule has 7 heteroatoms. The standard InChI is InChI=1S/C21H25N5O2/c1-13-5-7-15(8-6-13)17-11-25(12-18(17)24(3)4)20(27)16-10-22-19-9-14(2)23-26(19)21(16)28/h5-10,17-18,23H,11-12H2,1-4H3/t17-,18+/m0/s1. The van der Waals surface area contributed by atoms with Crippen molar-refractivity contribution in [2.24, 2.45) is 0 Å². The number of carbonyl (C=O) groups excluding carboxylic acids is 1. The molecule has 146 valence electrons. The summed E-state index contributed by atoms with van der Waals surface area (Å²) in [6, 6.07) is 10.4. The molecule has 1 fully saturated rings. The molecular weight excluding hydrogens is 354 g/mol.